The fraction of sp³-hybridized carbons (Fsp3) is 0.647. The molecule has 2 unspecified atom stereocenters. The Bertz CT molecular complexity index is 469. The molecular formula is C17H27N3. The van der Waals surface area contributed by atoms with Crippen molar-refractivity contribution in [2.75, 3.05) is 39.0 Å². The summed E-state index contributed by atoms with van der Waals surface area (Å²) in [6.45, 7) is 7.02. The molecule has 0 aromatic heterocycles. The highest BCUT2D eigenvalue weighted by atomic mass is 15.2. The van der Waals surface area contributed by atoms with E-state index >= 15 is 0 Å². The Morgan fingerprint density at radius 3 is 2.90 bits per heavy atom. The number of likely N-dealkylation sites (tertiary alicyclic amines) is 1. The van der Waals surface area contributed by atoms with Crippen LogP contribution in [0, 0.1) is 5.92 Å². The molecule has 1 N–H and O–H groups in total. The van der Waals surface area contributed by atoms with Gasteiger partial charge in [-0.05, 0) is 50.0 Å². The molecule has 3 rings (SSSR count). The van der Waals surface area contributed by atoms with Gasteiger partial charge in [0, 0.05) is 37.9 Å². The van der Waals surface area contributed by atoms with E-state index in [1.54, 1.807) is 0 Å². The molecular weight excluding hydrogens is 246 g/mol. The van der Waals surface area contributed by atoms with Crippen molar-refractivity contribution in [1.29, 1.82) is 0 Å². The van der Waals surface area contributed by atoms with Crippen molar-refractivity contribution < 1.29 is 0 Å². The molecule has 3 heteroatoms. The van der Waals surface area contributed by atoms with Gasteiger partial charge in [-0.1, -0.05) is 19.1 Å². The van der Waals surface area contributed by atoms with E-state index in [2.05, 4.69) is 54.3 Å². The van der Waals surface area contributed by atoms with Crippen LogP contribution in [0.15, 0.2) is 18.2 Å². The maximum absolute atomic E-state index is 3.49. The summed E-state index contributed by atoms with van der Waals surface area (Å²) in [4.78, 5) is 4.98. The Hall–Kier alpha value is -1.06. The zero-order valence-electron chi connectivity index (χ0n) is 13.0. The first-order valence-corrected chi connectivity index (χ1v) is 7.88. The van der Waals surface area contributed by atoms with Crippen LogP contribution in [0.2, 0.25) is 0 Å². The zero-order valence-corrected chi connectivity index (χ0v) is 13.0. The fourth-order valence-electron chi connectivity index (χ4n) is 3.73. The fourth-order valence-corrected chi connectivity index (χ4v) is 3.73. The standard InChI is InChI=1S/C17H27N3/c1-13-10-20(12-17(13)19(2)3)11-14-6-7-16-15(9-14)5-4-8-18-16/h6-7,9,13,17-18H,4-5,8,10-12H2,1-3H3. The predicted octanol–water partition coefficient (Wildman–Crippen LogP) is 2.43. The number of benzene rings is 1. The summed E-state index contributed by atoms with van der Waals surface area (Å²) in [5.41, 5.74) is 4.32. The second-order valence-corrected chi connectivity index (χ2v) is 6.72. The lowest BCUT2D eigenvalue weighted by atomic mass is 10.0. The molecule has 0 spiro atoms. The van der Waals surface area contributed by atoms with Gasteiger partial charge < -0.3 is 10.2 Å². The van der Waals surface area contributed by atoms with Crippen molar-refractivity contribution in [3.05, 3.63) is 29.3 Å². The zero-order chi connectivity index (χ0) is 14.1. The van der Waals surface area contributed by atoms with E-state index in [-0.39, 0.29) is 0 Å². The van der Waals surface area contributed by atoms with E-state index < -0.39 is 0 Å². The highest BCUT2D eigenvalue weighted by molar-refractivity contribution is 5.54. The van der Waals surface area contributed by atoms with E-state index in [1.807, 2.05) is 0 Å². The van der Waals surface area contributed by atoms with Gasteiger partial charge in [0.05, 0.1) is 0 Å². The van der Waals surface area contributed by atoms with Crippen LogP contribution in [-0.4, -0.2) is 49.6 Å². The van der Waals surface area contributed by atoms with Gasteiger partial charge in [0.2, 0.25) is 0 Å². The lowest BCUT2D eigenvalue weighted by Gasteiger charge is -2.23. The van der Waals surface area contributed by atoms with Gasteiger partial charge in [-0.2, -0.15) is 0 Å². The van der Waals surface area contributed by atoms with Crippen LogP contribution in [0.4, 0.5) is 5.69 Å². The normalized spacial score (nSPS) is 26.6. The summed E-state index contributed by atoms with van der Waals surface area (Å²) in [5, 5.41) is 3.49. The van der Waals surface area contributed by atoms with Gasteiger partial charge in [-0.15, -0.1) is 0 Å². The van der Waals surface area contributed by atoms with Gasteiger partial charge in [0.1, 0.15) is 0 Å². The third-order valence-electron chi connectivity index (χ3n) is 4.83. The van der Waals surface area contributed by atoms with Gasteiger partial charge in [-0.3, -0.25) is 4.90 Å². The maximum Gasteiger partial charge on any atom is 0.0372 e. The van der Waals surface area contributed by atoms with Crippen LogP contribution in [0.25, 0.3) is 0 Å². The average molecular weight is 273 g/mol. The highest BCUT2D eigenvalue weighted by Crippen LogP contribution is 2.26. The van der Waals surface area contributed by atoms with Crippen LogP contribution in [0.1, 0.15) is 24.5 Å². The van der Waals surface area contributed by atoms with E-state index in [0.29, 0.717) is 6.04 Å². The molecule has 0 aliphatic carbocycles. The Labute approximate surface area is 123 Å². The summed E-state index contributed by atoms with van der Waals surface area (Å²) >= 11 is 0. The third-order valence-corrected chi connectivity index (χ3v) is 4.83. The molecule has 20 heavy (non-hydrogen) atoms. The first-order chi connectivity index (χ1) is 9.63. The quantitative estimate of drug-likeness (QED) is 0.912. The summed E-state index contributed by atoms with van der Waals surface area (Å²) < 4.78 is 0. The Kier molecular flexibility index (Phi) is 3.99. The van der Waals surface area contributed by atoms with Crippen molar-refractivity contribution in [2.24, 2.45) is 5.92 Å². The van der Waals surface area contributed by atoms with Crippen LogP contribution >= 0.6 is 0 Å². The van der Waals surface area contributed by atoms with Gasteiger partial charge in [-0.25, -0.2) is 0 Å². The first-order valence-electron chi connectivity index (χ1n) is 7.88. The van der Waals surface area contributed by atoms with Crippen LogP contribution in [0.5, 0.6) is 0 Å². The Morgan fingerprint density at radius 1 is 1.30 bits per heavy atom. The molecule has 0 amide bonds. The Morgan fingerprint density at radius 2 is 2.15 bits per heavy atom. The third kappa shape index (κ3) is 2.84. The number of anilines is 1. The molecule has 110 valence electrons. The molecule has 0 bridgehead atoms. The molecule has 2 atom stereocenters. The van der Waals surface area contributed by atoms with Gasteiger partial charge >= 0.3 is 0 Å². The van der Waals surface area contributed by atoms with Crippen molar-refractivity contribution >= 4 is 5.69 Å². The molecule has 1 saturated heterocycles. The minimum atomic E-state index is 0.703. The number of nitrogens with zero attached hydrogens (tertiary/aromatic N) is 2. The van der Waals surface area contributed by atoms with Crippen molar-refractivity contribution in [2.45, 2.75) is 32.4 Å². The molecule has 1 fully saturated rings. The molecule has 0 saturated carbocycles. The molecule has 1 aromatic rings. The van der Waals surface area contributed by atoms with Crippen molar-refractivity contribution in [1.82, 2.24) is 9.80 Å². The number of fused-ring (bicyclic) bond motifs is 1. The minimum Gasteiger partial charge on any atom is -0.385 e. The molecule has 1 aromatic carbocycles. The number of nitrogens with one attached hydrogen (secondary N) is 1. The molecule has 0 radical (unpaired) electrons. The second-order valence-electron chi connectivity index (χ2n) is 6.72. The average Bonchev–Trinajstić information content (AvgIpc) is 2.79. The van der Waals surface area contributed by atoms with E-state index in [4.69, 9.17) is 0 Å². The summed E-state index contributed by atoms with van der Waals surface area (Å²) in [5.74, 6) is 0.768. The van der Waals surface area contributed by atoms with Crippen molar-refractivity contribution in [3.63, 3.8) is 0 Å². The molecule has 2 aliphatic heterocycles. The van der Waals surface area contributed by atoms with Gasteiger partial charge in [0.25, 0.3) is 0 Å². The topological polar surface area (TPSA) is 18.5 Å². The summed E-state index contributed by atoms with van der Waals surface area (Å²) in [6.07, 6.45) is 2.49. The molecule has 3 nitrogen and oxygen atoms in total. The summed E-state index contributed by atoms with van der Waals surface area (Å²) in [6, 6.07) is 7.68. The molecule has 2 aliphatic rings. The maximum atomic E-state index is 3.49. The minimum absolute atomic E-state index is 0.703. The number of likely N-dealkylation sites (N-methyl/N-ethyl adjacent to an activating group) is 1. The first kappa shape index (κ1) is 13.9. The lowest BCUT2D eigenvalue weighted by molar-refractivity contribution is 0.250. The van der Waals surface area contributed by atoms with E-state index in [9.17, 15) is 0 Å². The smallest absolute Gasteiger partial charge is 0.0372 e. The molecule has 2 heterocycles. The summed E-state index contributed by atoms with van der Waals surface area (Å²) in [7, 11) is 4.41. The number of hydrogen-bond acceptors (Lipinski definition) is 3. The van der Waals surface area contributed by atoms with E-state index in [1.165, 1.54) is 42.7 Å². The number of aryl methyl sites for hydroxylation is 1. The largest absolute Gasteiger partial charge is 0.385 e. The van der Waals surface area contributed by atoms with Crippen LogP contribution in [0.3, 0.4) is 0 Å². The van der Waals surface area contributed by atoms with Crippen LogP contribution < -0.4 is 5.32 Å². The second kappa shape index (κ2) is 5.74. The predicted molar refractivity (Wildman–Crippen MR) is 85.2 cm³/mol. The van der Waals surface area contributed by atoms with E-state index in [0.717, 1.165) is 19.0 Å². The van der Waals surface area contributed by atoms with Crippen LogP contribution in [-0.2, 0) is 13.0 Å². The van der Waals surface area contributed by atoms with Crippen molar-refractivity contribution in [3.8, 4) is 0 Å². The number of hydrogen-bond donors (Lipinski definition) is 1. The highest BCUT2D eigenvalue weighted by Gasteiger charge is 2.30. The lowest BCUT2D eigenvalue weighted by Crippen LogP contribution is -2.34. The monoisotopic (exact) mass is 273 g/mol. The van der Waals surface area contributed by atoms with Gasteiger partial charge in [0.15, 0.2) is 0 Å². The Balaban J connectivity index is 1.67. The SMILES string of the molecule is CC1CN(Cc2ccc3c(c2)CCCN3)CC1N(C)C. The number of rotatable bonds is 3.